The van der Waals surface area contributed by atoms with Gasteiger partial charge in [0.25, 0.3) is 0 Å². The predicted octanol–water partition coefficient (Wildman–Crippen LogP) is 3.09. The fourth-order valence-corrected chi connectivity index (χ4v) is 3.75. The zero-order valence-corrected chi connectivity index (χ0v) is 13.2. The van der Waals surface area contributed by atoms with E-state index in [4.69, 9.17) is 9.16 Å². The molecule has 1 saturated carbocycles. The molecule has 0 N–H and O–H groups in total. The van der Waals surface area contributed by atoms with Crippen molar-refractivity contribution in [3.8, 4) is 0 Å². The predicted molar refractivity (Wildman–Crippen MR) is 71.3 cm³/mol. The zero-order chi connectivity index (χ0) is 13.3. The van der Waals surface area contributed by atoms with Crippen molar-refractivity contribution in [1.82, 2.24) is 0 Å². The van der Waals surface area contributed by atoms with Gasteiger partial charge in [-0.15, -0.1) is 0 Å². The molecule has 1 aliphatic rings. The van der Waals surface area contributed by atoms with E-state index in [0.717, 1.165) is 19.3 Å². The lowest BCUT2D eigenvalue weighted by atomic mass is 9.79. The third-order valence-electron chi connectivity index (χ3n) is 3.44. The second kappa shape index (κ2) is 5.10. The molecule has 0 aromatic rings. The van der Waals surface area contributed by atoms with Gasteiger partial charge >= 0.3 is 5.97 Å². The van der Waals surface area contributed by atoms with Crippen LogP contribution in [0.3, 0.4) is 0 Å². The molecule has 0 aromatic heterocycles. The summed E-state index contributed by atoms with van der Waals surface area (Å²) >= 11 is 0. The van der Waals surface area contributed by atoms with Crippen LogP contribution in [0.2, 0.25) is 13.1 Å². The molecule has 0 saturated heterocycles. The first kappa shape index (κ1) is 14.7. The van der Waals surface area contributed by atoms with Crippen LogP contribution in [0.5, 0.6) is 0 Å². The Morgan fingerprint density at radius 3 is 2.29 bits per heavy atom. The standard InChI is InChI=1S/C13H26O3Si/c1-10(14)15-13(16-17(5)6)8-7-11(9-13)12(2,3)4/h11,17H,7-9H2,1-6H3. The van der Waals surface area contributed by atoms with Crippen LogP contribution in [0.4, 0.5) is 0 Å². The number of esters is 1. The first-order valence-electron chi connectivity index (χ1n) is 6.52. The highest BCUT2D eigenvalue weighted by molar-refractivity contribution is 6.48. The molecule has 0 amide bonds. The van der Waals surface area contributed by atoms with E-state index in [1.54, 1.807) is 0 Å². The summed E-state index contributed by atoms with van der Waals surface area (Å²) in [6, 6.07) is 0. The lowest BCUT2D eigenvalue weighted by Crippen LogP contribution is -2.39. The number of carbonyl (C=O) groups excluding carboxylic acids is 1. The normalized spacial score (nSPS) is 29.7. The monoisotopic (exact) mass is 258 g/mol. The van der Waals surface area contributed by atoms with Gasteiger partial charge in [-0.1, -0.05) is 20.8 Å². The highest BCUT2D eigenvalue weighted by Crippen LogP contribution is 2.46. The Hall–Kier alpha value is -0.353. The van der Waals surface area contributed by atoms with Gasteiger partial charge in [0.15, 0.2) is 9.04 Å². The van der Waals surface area contributed by atoms with Crippen molar-refractivity contribution in [2.75, 3.05) is 0 Å². The summed E-state index contributed by atoms with van der Waals surface area (Å²) in [7, 11) is -1.21. The molecule has 1 rings (SSSR count). The third kappa shape index (κ3) is 4.10. The maximum Gasteiger partial charge on any atom is 0.305 e. The van der Waals surface area contributed by atoms with Crippen LogP contribution in [0.25, 0.3) is 0 Å². The van der Waals surface area contributed by atoms with Crippen LogP contribution in [0.1, 0.15) is 47.0 Å². The van der Waals surface area contributed by atoms with Gasteiger partial charge in [0.2, 0.25) is 5.79 Å². The van der Waals surface area contributed by atoms with Crippen molar-refractivity contribution in [2.24, 2.45) is 11.3 Å². The van der Waals surface area contributed by atoms with Crippen LogP contribution in [0, 0.1) is 11.3 Å². The average molecular weight is 258 g/mol. The van der Waals surface area contributed by atoms with Gasteiger partial charge in [-0.3, -0.25) is 4.79 Å². The smallest absolute Gasteiger partial charge is 0.305 e. The number of ether oxygens (including phenoxy) is 1. The molecule has 0 aliphatic heterocycles. The van der Waals surface area contributed by atoms with E-state index < -0.39 is 14.8 Å². The topological polar surface area (TPSA) is 35.5 Å². The zero-order valence-electron chi connectivity index (χ0n) is 12.0. The van der Waals surface area contributed by atoms with E-state index in [1.165, 1.54) is 6.92 Å². The summed E-state index contributed by atoms with van der Waals surface area (Å²) in [6.45, 7) is 12.4. The molecule has 0 bridgehead atoms. The molecule has 0 aromatic carbocycles. The third-order valence-corrected chi connectivity index (χ3v) is 4.34. The van der Waals surface area contributed by atoms with Crippen molar-refractivity contribution >= 4 is 15.0 Å². The maximum atomic E-state index is 11.3. The second-order valence-electron chi connectivity index (χ2n) is 6.48. The first-order chi connectivity index (χ1) is 7.65. The minimum atomic E-state index is -1.21. The summed E-state index contributed by atoms with van der Waals surface area (Å²) < 4.78 is 11.5. The number of rotatable bonds is 3. The van der Waals surface area contributed by atoms with Gasteiger partial charge in [0.1, 0.15) is 0 Å². The maximum absolute atomic E-state index is 11.3. The molecule has 3 nitrogen and oxygen atoms in total. The van der Waals surface area contributed by atoms with Crippen LogP contribution in [-0.4, -0.2) is 20.8 Å². The molecule has 17 heavy (non-hydrogen) atoms. The number of carbonyl (C=O) groups is 1. The van der Waals surface area contributed by atoms with Gasteiger partial charge < -0.3 is 9.16 Å². The molecule has 0 spiro atoms. The van der Waals surface area contributed by atoms with Gasteiger partial charge in [0.05, 0.1) is 0 Å². The van der Waals surface area contributed by atoms with E-state index in [-0.39, 0.29) is 11.4 Å². The molecule has 2 unspecified atom stereocenters. The Bertz CT molecular complexity index is 283. The van der Waals surface area contributed by atoms with Crippen LogP contribution in [-0.2, 0) is 14.0 Å². The summed E-state index contributed by atoms with van der Waals surface area (Å²) in [5, 5.41) is 0. The van der Waals surface area contributed by atoms with Crippen molar-refractivity contribution < 1.29 is 14.0 Å². The largest absolute Gasteiger partial charge is 0.434 e. The Morgan fingerprint density at radius 2 is 1.94 bits per heavy atom. The van der Waals surface area contributed by atoms with Gasteiger partial charge in [-0.25, -0.2) is 0 Å². The van der Waals surface area contributed by atoms with Crippen molar-refractivity contribution in [1.29, 1.82) is 0 Å². The minimum absolute atomic E-state index is 0.228. The number of hydrogen-bond acceptors (Lipinski definition) is 3. The quantitative estimate of drug-likeness (QED) is 0.443. The van der Waals surface area contributed by atoms with E-state index >= 15 is 0 Å². The molecule has 100 valence electrons. The second-order valence-corrected chi connectivity index (χ2v) is 8.81. The summed E-state index contributed by atoms with van der Waals surface area (Å²) in [5.74, 6) is -0.284. The SMILES string of the molecule is CC(=O)OC1(O[SiH](C)C)CCC(C(C)(C)C)C1. The van der Waals surface area contributed by atoms with Crippen molar-refractivity contribution in [2.45, 2.75) is 65.8 Å². The Labute approximate surface area is 107 Å². The lowest BCUT2D eigenvalue weighted by Gasteiger charge is -2.33. The van der Waals surface area contributed by atoms with E-state index in [9.17, 15) is 4.79 Å². The van der Waals surface area contributed by atoms with E-state index in [0.29, 0.717) is 5.92 Å². The van der Waals surface area contributed by atoms with E-state index in [2.05, 4.69) is 33.9 Å². The fourth-order valence-electron chi connectivity index (χ4n) is 2.63. The average Bonchev–Trinajstić information content (AvgIpc) is 2.44. The highest BCUT2D eigenvalue weighted by Gasteiger charge is 2.46. The van der Waals surface area contributed by atoms with Gasteiger partial charge in [-0.2, -0.15) is 0 Å². The molecular weight excluding hydrogens is 232 g/mol. The van der Waals surface area contributed by atoms with Crippen molar-refractivity contribution in [3.05, 3.63) is 0 Å². The fraction of sp³-hybridized carbons (Fsp3) is 0.923. The first-order valence-corrected chi connectivity index (χ1v) is 9.30. The number of hydrogen-bond donors (Lipinski definition) is 0. The van der Waals surface area contributed by atoms with E-state index in [1.807, 2.05) is 0 Å². The summed E-state index contributed by atoms with van der Waals surface area (Å²) in [4.78, 5) is 11.3. The van der Waals surface area contributed by atoms with Gasteiger partial charge in [-0.05, 0) is 30.8 Å². The molecule has 1 fully saturated rings. The molecule has 0 radical (unpaired) electrons. The Kier molecular flexibility index (Phi) is 4.41. The van der Waals surface area contributed by atoms with Crippen LogP contribution in [0.15, 0.2) is 0 Å². The molecular formula is C13H26O3Si. The summed E-state index contributed by atoms with van der Waals surface area (Å²) in [5.41, 5.74) is 0.254. The molecule has 4 heteroatoms. The molecule has 2 atom stereocenters. The van der Waals surface area contributed by atoms with Crippen molar-refractivity contribution in [3.63, 3.8) is 0 Å². The minimum Gasteiger partial charge on any atom is -0.434 e. The molecule has 0 heterocycles. The Morgan fingerprint density at radius 1 is 1.35 bits per heavy atom. The van der Waals surface area contributed by atoms with Crippen LogP contribution >= 0.6 is 0 Å². The lowest BCUT2D eigenvalue weighted by molar-refractivity contribution is -0.196. The highest BCUT2D eigenvalue weighted by atomic mass is 28.3. The summed E-state index contributed by atoms with van der Waals surface area (Å²) in [6.07, 6.45) is 2.78. The molecule has 1 aliphatic carbocycles. The van der Waals surface area contributed by atoms with Crippen LogP contribution < -0.4 is 0 Å². The van der Waals surface area contributed by atoms with Gasteiger partial charge in [0, 0.05) is 19.8 Å². The Balaban J connectivity index is 2.77.